The summed E-state index contributed by atoms with van der Waals surface area (Å²) in [7, 11) is 0. The number of carboxylic acids is 1. The number of hydrogen-bond donors (Lipinski definition) is 3. The van der Waals surface area contributed by atoms with Crippen molar-refractivity contribution in [2.24, 2.45) is 5.41 Å². The minimum atomic E-state index is -1.52. The summed E-state index contributed by atoms with van der Waals surface area (Å²) < 4.78 is 0. The normalized spacial score (nSPS) is 28.2. The Morgan fingerprint density at radius 1 is 1.67 bits per heavy atom. The van der Waals surface area contributed by atoms with E-state index in [0.29, 0.717) is 0 Å². The summed E-state index contributed by atoms with van der Waals surface area (Å²) in [5.74, 6) is -1.50. The molecule has 1 unspecified atom stereocenters. The first kappa shape index (κ1) is 8.80. The van der Waals surface area contributed by atoms with E-state index in [-0.39, 0.29) is 12.2 Å². The van der Waals surface area contributed by atoms with Gasteiger partial charge in [0.05, 0.1) is 6.61 Å². The lowest BCUT2D eigenvalue weighted by atomic mass is 9.80. The lowest BCUT2D eigenvalue weighted by Gasteiger charge is -2.26. The molecule has 0 aromatic carbocycles. The lowest BCUT2D eigenvalue weighted by Crippen LogP contribution is -2.37. The average molecular weight is 170 g/mol. The predicted molar refractivity (Wildman–Crippen MR) is 41.6 cm³/mol. The van der Waals surface area contributed by atoms with Gasteiger partial charge in [0.1, 0.15) is 5.76 Å². The van der Waals surface area contributed by atoms with Crippen molar-refractivity contribution in [3.05, 3.63) is 24.0 Å². The molecule has 0 aromatic heterocycles. The summed E-state index contributed by atoms with van der Waals surface area (Å²) in [5.41, 5.74) is -1.52. The molecule has 0 aromatic rings. The SMILES string of the molecule is O=C(O)C1(CO)CC=CC=C1O. The zero-order chi connectivity index (χ0) is 9.19. The van der Waals surface area contributed by atoms with Gasteiger partial charge in [0.2, 0.25) is 0 Å². The van der Waals surface area contributed by atoms with Gasteiger partial charge in [0, 0.05) is 0 Å². The highest BCUT2D eigenvalue weighted by atomic mass is 16.4. The molecule has 1 rings (SSSR count). The van der Waals surface area contributed by atoms with Gasteiger partial charge in [-0.25, -0.2) is 0 Å². The number of carboxylic acid groups (broad SMARTS) is 1. The highest BCUT2D eigenvalue weighted by molar-refractivity contribution is 5.79. The van der Waals surface area contributed by atoms with Crippen LogP contribution in [-0.4, -0.2) is 27.9 Å². The minimum absolute atomic E-state index is 0.126. The van der Waals surface area contributed by atoms with Gasteiger partial charge in [-0.1, -0.05) is 12.2 Å². The Balaban J connectivity index is 3.03. The van der Waals surface area contributed by atoms with Crippen LogP contribution in [-0.2, 0) is 4.79 Å². The van der Waals surface area contributed by atoms with Crippen LogP contribution < -0.4 is 0 Å². The van der Waals surface area contributed by atoms with Gasteiger partial charge in [-0.3, -0.25) is 4.79 Å². The van der Waals surface area contributed by atoms with Crippen LogP contribution in [0.2, 0.25) is 0 Å². The predicted octanol–water partition coefficient (Wildman–Crippen LogP) is 0.451. The number of allylic oxidation sites excluding steroid dienone is 3. The molecule has 4 heteroatoms. The van der Waals surface area contributed by atoms with Crippen molar-refractivity contribution in [3.63, 3.8) is 0 Å². The largest absolute Gasteiger partial charge is 0.511 e. The first-order valence-electron chi connectivity index (χ1n) is 3.54. The van der Waals surface area contributed by atoms with Crippen molar-refractivity contribution >= 4 is 5.97 Å². The molecule has 12 heavy (non-hydrogen) atoms. The monoisotopic (exact) mass is 170 g/mol. The number of aliphatic hydroxyl groups excluding tert-OH is 2. The molecular weight excluding hydrogens is 160 g/mol. The van der Waals surface area contributed by atoms with Gasteiger partial charge in [0.15, 0.2) is 5.41 Å². The van der Waals surface area contributed by atoms with Gasteiger partial charge in [0.25, 0.3) is 0 Å². The van der Waals surface area contributed by atoms with E-state index in [1.807, 2.05) is 0 Å². The topological polar surface area (TPSA) is 77.8 Å². The highest BCUT2D eigenvalue weighted by Gasteiger charge is 2.42. The van der Waals surface area contributed by atoms with Crippen molar-refractivity contribution in [3.8, 4) is 0 Å². The molecule has 3 N–H and O–H groups in total. The second-order valence-corrected chi connectivity index (χ2v) is 2.73. The summed E-state index contributed by atoms with van der Waals surface area (Å²) >= 11 is 0. The molecule has 0 radical (unpaired) electrons. The van der Waals surface area contributed by atoms with Crippen molar-refractivity contribution in [2.45, 2.75) is 6.42 Å². The van der Waals surface area contributed by atoms with Crippen LogP contribution in [0.5, 0.6) is 0 Å². The average Bonchev–Trinajstić information content (AvgIpc) is 2.05. The molecule has 1 atom stereocenters. The van der Waals surface area contributed by atoms with Crippen molar-refractivity contribution < 1.29 is 20.1 Å². The van der Waals surface area contributed by atoms with E-state index in [1.165, 1.54) is 6.08 Å². The molecular formula is C8H10O4. The second-order valence-electron chi connectivity index (χ2n) is 2.73. The summed E-state index contributed by atoms with van der Waals surface area (Å²) in [6.07, 6.45) is 4.57. The van der Waals surface area contributed by atoms with Crippen molar-refractivity contribution in [1.82, 2.24) is 0 Å². The molecule has 0 heterocycles. The van der Waals surface area contributed by atoms with E-state index in [0.717, 1.165) is 0 Å². The maximum atomic E-state index is 10.7. The molecule has 1 aliphatic rings. The molecule has 0 saturated heterocycles. The number of hydrogen-bond acceptors (Lipinski definition) is 3. The molecule has 0 bridgehead atoms. The molecule has 0 aliphatic heterocycles. The fraction of sp³-hybridized carbons (Fsp3) is 0.375. The van der Waals surface area contributed by atoms with Crippen LogP contribution in [0.3, 0.4) is 0 Å². The molecule has 0 fully saturated rings. The fourth-order valence-corrected chi connectivity index (χ4v) is 1.10. The van der Waals surface area contributed by atoms with Gasteiger partial charge in [-0.2, -0.15) is 0 Å². The van der Waals surface area contributed by atoms with E-state index in [2.05, 4.69) is 0 Å². The summed E-state index contributed by atoms with van der Waals surface area (Å²) in [5, 5.41) is 26.9. The van der Waals surface area contributed by atoms with Gasteiger partial charge in [-0.05, 0) is 12.5 Å². The zero-order valence-electron chi connectivity index (χ0n) is 6.40. The summed E-state index contributed by atoms with van der Waals surface area (Å²) in [6.45, 7) is -0.588. The third-order valence-electron chi connectivity index (χ3n) is 2.03. The quantitative estimate of drug-likeness (QED) is 0.562. The Morgan fingerprint density at radius 3 is 2.67 bits per heavy atom. The van der Waals surface area contributed by atoms with Crippen LogP contribution in [0.15, 0.2) is 24.0 Å². The maximum Gasteiger partial charge on any atom is 0.320 e. The Morgan fingerprint density at radius 2 is 2.33 bits per heavy atom. The Bertz CT molecular complexity index is 254. The van der Waals surface area contributed by atoms with Crippen LogP contribution >= 0.6 is 0 Å². The highest BCUT2D eigenvalue weighted by Crippen LogP contribution is 2.32. The molecule has 0 spiro atoms. The van der Waals surface area contributed by atoms with Crippen molar-refractivity contribution in [2.75, 3.05) is 6.61 Å². The van der Waals surface area contributed by atoms with Crippen LogP contribution in [0.1, 0.15) is 6.42 Å². The molecule has 0 amide bonds. The van der Waals surface area contributed by atoms with E-state index in [4.69, 9.17) is 10.2 Å². The first-order valence-corrected chi connectivity index (χ1v) is 3.54. The Kier molecular flexibility index (Phi) is 2.19. The van der Waals surface area contributed by atoms with E-state index < -0.39 is 18.0 Å². The summed E-state index contributed by atoms with van der Waals surface area (Å²) in [6, 6.07) is 0. The van der Waals surface area contributed by atoms with Gasteiger partial charge < -0.3 is 15.3 Å². The van der Waals surface area contributed by atoms with Crippen LogP contribution in [0.4, 0.5) is 0 Å². The van der Waals surface area contributed by atoms with Crippen LogP contribution in [0, 0.1) is 5.41 Å². The third-order valence-corrected chi connectivity index (χ3v) is 2.03. The van der Waals surface area contributed by atoms with E-state index in [9.17, 15) is 9.90 Å². The molecule has 4 nitrogen and oxygen atoms in total. The van der Waals surface area contributed by atoms with Gasteiger partial charge in [-0.15, -0.1) is 0 Å². The molecule has 0 saturated carbocycles. The maximum absolute atomic E-state index is 10.7. The number of carbonyl (C=O) groups is 1. The minimum Gasteiger partial charge on any atom is -0.511 e. The fourth-order valence-electron chi connectivity index (χ4n) is 1.10. The lowest BCUT2D eigenvalue weighted by molar-refractivity contribution is -0.150. The standard InChI is InChI=1S/C8H10O4/c9-5-8(7(11)12)4-2-1-3-6(8)10/h1-3,9-10H,4-5H2,(H,11,12). The number of rotatable bonds is 2. The summed E-state index contributed by atoms with van der Waals surface area (Å²) in [4.78, 5) is 10.7. The van der Waals surface area contributed by atoms with Crippen molar-refractivity contribution in [1.29, 1.82) is 0 Å². The van der Waals surface area contributed by atoms with E-state index >= 15 is 0 Å². The van der Waals surface area contributed by atoms with Gasteiger partial charge >= 0.3 is 5.97 Å². The molecule has 1 aliphatic carbocycles. The van der Waals surface area contributed by atoms with E-state index in [1.54, 1.807) is 12.2 Å². The smallest absolute Gasteiger partial charge is 0.320 e. The zero-order valence-corrected chi connectivity index (χ0v) is 6.40. The van der Waals surface area contributed by atoms with Crippen LogP contribution in [0.25, 0.3) is 0 Å². The number of aliphatic carboxylic acids is 1. The first-order chi connectivity index (χ1) is 5.63. The number of aliphatic hydroxyl groups is 2. The molecule has 66 valence electrons. The Labute approximate surface area is 69.5 Å². The Hall–Kier alpha value is -1.29. The second kappa shape index (κ2) is 2.98. The third kappa shape index (κ3) is 1.10.